The Bertz CT molecular complexity index is 305. The summed E-state index contributed by atoms with van der Waals surface area (Å²) >= 11 is 0. The molecule has 1 saturated carbocycles. The smallest absolute Gasteiger partial charge is 0.317 e. The number of rotatable bonds is 4. The molecule has 20 heavy (non-hydrogen) atoms. The zero-order valence-electron chi connectivity index (χ0n) is 12.7. The average molecular weight is 283 g/mol. The summed E-state index contributed by atoms with van der Waals surface area (Å²) in [7, 11) is 1.73. The number of amides is 2. The van der Waals surface area contributed by atoms with Crippen LogP contribution in [0.5, 0.6) is 0 Å². The predicted molar refractivity (Wildman–Crippen MR) is 79.7 cm³/mol. The lowest BCUT2D eigenvalue weighted by molar-refractivity contribution is 0.109. The molecule has 0 aromatic heterocycles. The predicted octanol–water partition coefficient (Wildman–Crippen LogP) is 1.42. The molecule has 0 aromatic rings. The van der Waals surface area contributed by atoms with Gasteiger partial charge in [-0.1, -0.05) is 19.3 Å². The first-order valence-electron chi connectivity index (χ1n) is 8.07. The molecule has 1 saturated heterocycles. The molecule has 1 unspecified atom stereocenters. The zero-order chi connectivity index (χ0) is 14.4. The summed E-state index contributed by atoms with van der Waals surface area (Å²) in [5, 5.41) is 12.0. The van der Waals surface area contributed by atoms with Crippen molar-refractivity contribution in [3.05, 3.63) is 0 Å². The summed E-state index contributed by atoms with van der Waals surface area (Å²) < 4.78 is 0. The van der Waals surface area contributed by atoms with Crippen LogP contribution in [-0.4, -0.2) is 66.3 Å². The van der Waals surface area contributed by atoms with Crippen molar-refractivity contribution in [3.8, 4) is 0 Å². The van der Waals surface area contributed by atoms with Crippen LogP contribution in [0.4, 0.5) is 4.79 Å². The first-order chi connectivity index (χ1) is 9.70. The maximum Gasteiger partial charge on any atom is 0.317 e. The van der Waals surface area contributed by atoms with Gasteiger partial charge in [0.2, 0.25) is 0 Å². The third-order valence-electron chi connectivity index (χ3n) is 4.65. The number of hydrogen-bond acceptors (Lipinski definition) is 3. The minimum atomic E-state index is -0.0606. The Hall–Kier alpha value is -0.810. The van der Waals surface area contributed by atoms with E-state index in [1.165, 1.54) is 45.1 Å². The minimum absolute atomic E-state index is 0.0167. The number of carbonyl (C=O) groups excluding carboxylic acids is 1. The quantitative estimate of drug-likeness (QED) is 0.820. The van der Waals surface area contributed by atoms with E-state index in [2.05, 4.69) is 10.2 Å². The van der Waals surface area contributed by atoms with E-state index in [1.807, 2.05) is 0 Å². The number of nitrogens with zero attached hydrogens (tertiary/aromatic N) is 2. The number of hydrogen-bond donors (Lipinski definition) is 2. The van der Waals surface area contributed by atoms with Gasteiger partial charge in [-0.3, -0.25) is 4.90 Å². The second-order valence-electron chi connectivity index (χ2n) is 6.22. The normalized spacial score (nSPS) is 25.4. The molecule has 2 aliphatic rings. The van der Waals surface area contributed by atoms with Crippen molar-refractivity contribution >= 4 is 6.03 Å². The number of carbonyl (C=O) groups is 1. The molecule has 2 amide bonds. The molecular formula is C15H29N3O2. The third kappa shape index (κ3) is 4.35. The average Bonchev–Trinajstić information content (AvgIpc) is 2.48. The number of likely N-dealkylation sites (tertiary alicyclic amines) is 1. The maximum atomic E-state index is 12.0. The van der Waals surface area contributed by atoms with Gasteiger partial charge in [0.05, 0.1) is 6.61 Å². The number of aliphatic hydroxyl groups is 1. The van der Waals surface area contributed by atoms with Crippen LogP contribution < -0.4 is 5.32 Å². The monoisotopic (exact) mass is 283 g/mol. The van der Waals surface area contributed by atoms with E-state index in [1.54, 1.807) is 11.9 Å². The van der Waals surface area contributed by atoms with Crippen molar-refractivity contribution in [3.63, 3.8) is 0 Å². The van der Waals surface area contributed by atoms with Gasteiger partial charge >= 0.3 is 6.03 Å². The van der Waals surface area contributed by atoms with Crippen molar-refractivity contribution in [2.45, 2.75) is 57.0 Å². The van der Waals surface area contributed by atoms with Gasteiger partial charge in [0, 0.05) is 32.2 Å². The highest BCUT2D eigenvalue weighted by molar-refractivity contribution is 5.74. The summed E-state index contributed by atoms with van der Waals surface area (Å²) in [5.74, 6) is 0. The highest BCUT2D eigenvalue weighted by Crippen LogP contribution is 2.25. The lowest BCUT2D eigenvalue weighted by Gasteiger charge is -2.40. The van der Waals surface area contributed by atoms with Crippen LogP contribution in [0.25, 0.3) is 0 Å². The molecule has 2 fully saturated rings. The van der Waals surface area contributed by atoms with Crippen LogP contribution in [0.3, 0.4) is 0 Å². The molecule has 0 spiro atoms. The van der Waals surface area contributed by atoms with E-state index in [-0.39, 0.29) is 18.7 Å². The molecule has 5 nitrogen and oxygen atoms in total. The van der Waals surface area contributed by atoms with Gasteiger partial charge in [-0.15, -0.1) is 0 Å². The van der Waals surface area contributed by atoms with Crippen molar-refractivity contribution in [1.82, 2.24) is 15.1 Å². The standard InChI is InChI=1S/C15H29N3O2/c1-17(10-11-19)15(20)16-13-6-5-9-18(12-13)14-7-3-2-4-8-14/h13-14,19H,2-12H2,1H3,(H,16,20). The lowest BCUT2D eigenvalue weighted by atomic mass is 9.92. The number of aliphatic hydroxyl groups excluding tert-OH is 1. The SMILES string of the molecule is CN(CCO)C(=O)NC1CCCN(C2CCCCC2)C1. The van der Waals surface area contributed by atoms with E-state index >= 15 is 0 Å². The van der Waals surface area contributed by atoms with Crippen molar-refractivity contribution in [2.24, 2.45) is 0 Å². The molecule has 1 atom stereocenters. The number of piperidine rings is 1. The maximum absolute atomic E-state index is 12.0. The van der Waals surface area contributed by atoms with Gasteiger partial charge in [-0.2, -0.15) is 0 Å². The van der Waals surface area contributed by atoms with Gasteiger partial charge in [0.15, 0.2) is 0 Å². The third-order valence-corrected chi connectivity index (χ3v) is 4.65. The number of likely N-dealkylation sites (N-methyl/N-ethyl adjacent to an activating group) is 1. The van der Waals surface area contributed by atoms with Gasteiger partial charge in [0.25, 0.3) is 0 Å². The van der Waals surface area contributed by atoms with Crippen LogP contribution in [0.1, 0.15) is 44.9 Å². The largest absolute Gasteiger partial charge is 0.395 e. The minimum Gasteiger partial charge on any atom is -0.395 e. The molecule has 0 aromatic carbocycles. The van der Waals surface area contributed by atoms with Gasteiger partial charge in [0.1, 0.15) is 0 Å². The second kappa shape index (κ2) is 7.84. The Balaban J connectivity index is 1.79. The molecule has 2 N–H and O–H groups in total. The fourth-order valence-electron chi connectivity index (χ4n) is 3.44. The van der Waals surface area contributed by atoms with Gasteiger partial charge < -0.3 is 15.3 Å². The Morgan fingerprint density at radius 3 is 2.70 bits per heavy atom. The molecule has 1 heterocycles. The van der Waals surface area contributed by atoms with Crippen molar-refractivity contribution < 1.29 is 9.90 Å². The zero-order valence-corrected chi connectivity index (χ0v) is 12.7. The summed E-state index contributed by atoms with van der Waals surface area (Å²) in [6.45, 7) is 2.58. The van der Waals surface area contributed by atoms with Gasteiger partial charge in [-0.05, 0) is 32.2 Å². The fraction of sp³-hybridized carbons (Fsp3) is 0.933. The van der Waals surface area contributed by atoms with Crippen LogP contribution in [0.15, 0.2) is 0 Å². The van der Waals surface area contributed by atoms with E-state index in [9.17, 15) is 4.79 Å². The molecule has 1 aliphatic carbocycles. The van der Waals surface area contributed by atoms with E-state index in [0.29, 0.717) is 6.54 Å². The van der Waals surface area contributed by atoms with E-state index < -0.39 is 0 Å². The molecule has 5 heteroatoms. The van der Waals surface area contributed by atoms with Crippen molar-refractivity contribution in [2.75, 3.05) is 33.3 Å². The summed E-state index contributed by atoms with van der Waals surface area (Å²) in [5.41, 5.74) is 0. The molecule has 0 bridgehead atoms. The van der Waals surface area contributed by atoms with Crippen LogP contribution >= 0.6 is 0 Å². The Kier molecular flexibility index (Phi) is 6.10. The van der Waals surface area contributed by atoms with Crippen LogP contribution in [0.2, 0.25) is 0 Å². The molecular weight excluding hydrogens is 254 g/mol. The topological polar surface area (TPSA) is 55.8 Å². The first kappa shape index (κ1) is 15.6. The number of nitrogens with one attached hydrogen (secondary N) is 1. The first-order valence-corrected chi connectivity index (χ1v) is 8.07. The molecule has 0 radical (unpaired) electrons. The van der Waals surface area contributed by atoms with E-state index in [4.69, 9.17) is 5.11 Å². The lowest BCUT2D eigenvalue weighted by Crippen LogP contribution is -2.53. The van der Waals surface area contributed by atoms with Crippen LogP contribution in [0, 0.1) is 0 Å². The highest BCUT2D eigenvalue weighted by Gasteiger charge is 2.28. The molecule has 2 rings (SSSR count). The fourth-order valence-corrected chi connectivity index (χ4v) is 3.44. The Morgan fingerprint density at radius 2 is 2.00 bits per heavy atom. The Labute approximate surface area is 122 Å². The van der Waals surface area contributed by atoms with Crippen molar-refractivity contribution in [1.29, 1.82) is 0 Å². The highest BCUT2D eigenvalue weighted by atomic mass is 16.3. The molecule has 116 valence electrons. The van der Waals surface area contributed by atoms with Crippen LogP contribution in [-0.2, 0) is 0 Å². The Morgan fingerprint density at radius 1 is 1.25 bits per heavy atom. The van der Waals surface area contributed by atoms with E-state index in [0.717, 1.165) is 19.0 Å². The summed E-state index contributed by atoms with van der Waals surface area (Å²) in [6.07, 6.45) is 8.99. The molecule has 1 aliphatic heterocycles. The summed E-state index contributed by atoms with van der Waals surface area (Å²) in [4.78, 5) is 16.1. The summed E-state index contributed by atoms with van der Waals surface area (Å²) in [6, 6.07) is 0.937. The van der Waals surface area contributed by atoms with Gasteiger partial charge in [-0.25, -0.2) is 4.79 Å². The second-order valence-corrected chi connectivity index (χ2v) is 6.22. The number of urea groups is 1.